The van der Waals surface area contributed by atoms with Crippen molar-refractivity contribution in [3.05, 3.63) is 11.1 Å². The molecule has 96 valence electrons. The van der Waals surface area contributed by atoms with Crippen LogP contribution in [0.1, 0.15) is 33.1 Å². The summed E-state index contributed by atoms with van der Waals surface area (Å²) in [5.74, 6) is -1.38. The molecule has 0 aromatic heterocycles. The maximum absolute atomic E-state index is 12.0. The fraction of sp³-hybridized carbons (Fsp3) is 0.667. The van der Waals surface area contributed by atoms with Gasteiger partial charge in [-0.3, -0.25) is 4.79 Å². The number of carboxylic acid groups (broad SMARTS) is 1. The first kappa shape index (κ1) is 13.7. The number of carbonyl (C=O) groups excluding carboxylic acids is 1. The highest BCUT2D eigenvalue weighted by Crippen LogP contribution is 2.25. The highest BCUT2D eigenvalue weighted by atomic mass is 16.5. The number of carboxylic acids is 1. The monoisotopic (exact) mass is 241 g/mol. The molecule has 0 fully saturated rings. The van der Waals surface area contributed by atoms with E-state index in [9.17, 15) is 9.59 Å². The Morgan fingerprint density at radius 1 is 1.47 bits per heavy atom. The average Bonchev–Trinajstić information content (AvgIpc) is 2.64. The summed E-state index contributed by atoms with van der Waals surface area (Å²) in [4.78, 5) is 23.1. The summed E-state index contributed by atoms with van der Waals surface area (Å²) in [6.45, 7) is 3.30. The van der Waals surface area contributed by atoms with E-state index in [1.165, 1.54) is 14.0 Å². The normalized spacial score (nSPS) is 19.0. The van der Waals surface area contributed by atoms with E-state index < -0.39 is 11.5 Å². The first-order valence-electron chi connectivity index (χ1n) is 5.64. The lowest BCUT2D eigenvalue weighted by atomic mass is 10.0. The smallest absolute Gasteiger partial charge is 0.331 e. The molecule has 2 N–H and O–H groups in total. The molecule has 0 saturated carbocycles. The standard InChI is InChI=1S/C12H19NO4/c1-8-5-4-6-9(8)10(14)13-12(2,7-17-3)11(15)16/h4-7H2,1-3H3,(H,13,14)(H,15,16). The van der Waals surface area contributed by atoms with Gasteiger partial charge in [-0.1, -0.05) is 5.57 Å². The van der Waals surface area contributed by atoms with Crippen LogP contribution in [0, 0.1) is 0 Å². The van der Waals surface area contributed by atoms with Crippen LogP contribution in [0.5, 0.6) is 0 Å². The van der Waals surface area contributed by atoms with Gasteiger partial charge >= 0.3 is 5.97 Å². The Hall–Kier alpha value is -1.36. The minimum atomic E-state index is -1.37. The minimum absolute atomic E-state index is 0.0552. The number of methoxy groups -OCH3 is 1. The number of amides is 1. The zero-order chi connectivity index (χ0) is 13.1. The second-order valence-corrected chi connectivity index (χ2v) is 4.64. The van der Waals surface area contributed by atoms with Gasteiger partial charge in [0.1, 0.15) is 0 Å². The van der Waals surface area contributed by atoms with Crippen molar-refractivity contribution in [1.29, 1.82) is 0 Å². The van der Waals surface area contributed by atoms with E-state index in [1.807, 2.05) is 6.92 Å². The van der Waals surface area contributed by atoms with Crippen LogP contribution in [-0.2, 0) is 14.3 Å². The lowest BCUT2D eigenvalue weighted by molar-refractivity contribution is -0.148. The molecule has 1 amide bonds. The topological polar surface area (TPSA) is 75.6 Å². The van der Waals surface area contributed by atoms with E-state index in [4.69, 9.17) is 9.84 Å². The van der Waals surface area contributed by atoms with Crippen molar-refractivity contribution in [2.45, 2.75) is 38.6 Å². The molecule has 1 aliphatic carbocycles. The number of hydrogen-bond acceptors (Lipinski definition) is 3. The van der Waals surface area contributed by atoms with Gasteiger partial charge in [0.15, 0.2) is 5.54 Å². The van der Waals surface area contributed by atoms with Crippen LogP contribution >= 0.6 is 0 Å². The van der Waals surface area contributed by atoms with Crippen molar-refractivity contribution in [2.24, 2.45) is 0 Å². The number of ether oxygens (including phenoxy) is 1. The van der Waals surface area contributed by atoms with Crippen molar-refractivity contribution in [1.82, 2.24) is 5.32 Å². The molecule has 0 saturated heterocycles. The summed E-state index contributed by atoms with van der Waals surface area (Å²) in [7, 11) is 1.41. The molecule has 0 spiro atoms. The highest BCUT2D eigenvalue weighted by molar-refractivity contribution is 5.98. The van der Waals surface area contributed by atoms with Gasteiger partial charge in [-0.05, 0) is 33.1 Å². The Kier molecular flexibility index (Phi) is 4.28. The summed E-state index contributed by atoms with van der Waals surface area (Å²) < 4.78 is 4.85. The Balaban J connectivity index is 2.78. The van der Waals surface area contributed by atoms with Crippen LogP contribution in [0.15, 0.2) is 11.1 Å². The molecule has 5 heteroatoms. The maximum atomic E-state index is 12.0. The summed E-state index contributed by atoms with van der Waals surface area (Å²) in [5, 5.41) is 11.7. The number of nitrogens with one attached hydrogen (secondary N) is 1. The molecule has 0 aliphatic heterocycles. The molecule has 0 radical (unpaired) electrons. The van der Waals surface area contributed by atoms with Crippen LogP contribution in [-0.4, -0.2) is 36.2 Å². The van der Waals surface area contributed by atoms with Gasteiger partial charge in [0, 0.05) is 12.7 Å². The lowest BCUT2D eigenvalue weighted by Gasteiger charge is -2.25. The lowest BCUT2D eigenvalue weighted by Crippen LogP contribution is -2.55. The van der Waals surface area contributed by atoms with Gasteiger partial charge in [-0.2, -0.15) is 0 Å². The van der Waals surface area contributed by atoms with Crippen molar-refractivity contribution in [3.63, 3.8) is 0 Å². The summed E-state index contributed by atoms with van der Waals surface area (Å²) in [6, 6.07) is 0. The third kappa shape index (κ3) is 3.06. The average molecular weight is 241 g/mol. The molecule has 1 rings (SSSR count). The Morgan fingerprint density at radius 2 is 2.12 bits per heavy atom. The zero-order valence-corrected chi connectivity index (χ0v) is 10.5. The molecular formula is C12H19NO4. The molecular weight excluding hydrogens is 222 g/mol. The zero-order valence-electron chi connectivity index (χ0n) is 10.5. The largest absolute Gasteiger partial charge is 0.479 e. The molecule has 5 nitrogen and oxygen atoms in total. The van der Waals surface area contributed by atoms with Gasteiger partial charge in [0.25, 0.3) is 0 Å². The molecule has 1 aliphatic rings. The van der Waals surface area contributed by atoms with E-state index in [1.54, 1.807) is 0 Å². The van der Waals surface area contributed by atoms with Crippen LogP contribution in [0.4, 0.5) is 0 Å². The van der Waals surface area contributed by atoms with Crippen molar-refractivity contribution < 1.29 is 19.4 Å². The highest BCUT2D eigenvalue weighted by Gasteiger charge is 2.36. The number of aliphatic carboxylic acids is 1. The van der Waals surface area contributed by atoms with Crippen molar-refractivity contribution >= 4 is 11.9 Å². The summed E-state index contributed by atoms with van der Waals surface area (Å²) in [6.07, 6.45) is 2.60. The van der Waals surface area contributed by atoms with E-state index >= 15 is 0 Å². The van der Waals surface area contributed by atoms with Crippen molar-refractivity contribution in [2.75, 3.05) is 13.7 Å². The van der Waals surface area contributed by atoms with Gasteiger partial charge in [-0.25, -0.2) is 4.79 Å². The molecule has 0 heterocycles. The quantitative estimate of drug-likeness (QED) is 0.755. The first-order valence-corrected chi connectivity index (χ1v) is 5.64. The van der Waals surface area contributed by atoms with E-state index in [2.05, 4.69) is 5.32 Å². The molecule has 1 atom stereocenters. The summed E-state index contributed by atoms with van der Waals surface area (Å²) in [5.41, 5.74) is 0.392. The summed E-state index contributed by atoms with van der Waals surface area (Å²) >= 11 is 0. The predicted molar refractivity (Wildman–Crippen MR) is 62.6 cm³/mol. The van der Waals surface area contributed by atoms with Crippen LogP contribution in [0.3, 0.4) is 0 Å². The molecule has 0 aromatic rings. The Labute approximate surface area is 101 Å². The maximum Gasteiger partial charge on any atom is 0.331 e. The molecule has 0 bridgehead atoms. The van der Waals surface area contributed by atoms with Gasteiger partial charge in [-0.15, -0.1) is 0 Å². The van der Waals surface area contributed by atoms with Crippen molar-refractivity contribution in [3.8, 4) is 0 Å². The third-order valence-electron chi connectivity index (χ3n) is 3.06. The van der Waals surface area contributed by atoms with Gasteiger partial charge in [0.05, 0.1) is 6.61 Å². The number of rotatable bonds is 5. The second-order valence-electron chi connectivity index (χ2n) is 4.64. The van der Waals surface area contributed by atoms with Crippen LogP contribution in [0.25, 0.3) is 0 Å². The van der Waals surface area contributed by atoms with E-state index in [-0.39, 0.29) is 12.5 Å². The minimum Gasteiger partial charge on any atom is -0.479 e. The number of carbonyl (C=O) groups is 2. The van der Waals surface area contributed by atoms with Crippen LogP contribution < -0.4 is 5.32 Å². The fourth-order valence-corrected chi connectivity index (χ4v) is 1.97. The Morgan fingerprint density at radius 3 is 2.53 bits per heavy atom. The Bertz CT molecular complexity index is 362. The predicted octanol–water partition coefficient (Wildman–Crippen LogP) is 1.09. The fourth-order valence-electron chi connectivity index (χ4n) is 1.97. The SMILES string of the molecule is COCC(C)(NC(=O)C1=C(C)CCC1)C(=O)O. The van der Waals surface area contributed by atoms with E-state index in [0.717, 1.165) is 24.8 Å². The third-order valence-corrected chi connectivity index (χ3v) is 3.06. The van der Waals surface area contributed by atoms with E-state index in [0.29, 0.717) is 5.57 Å². The van der Waals surface area contributed by atoms with Gasteiger partial charge < -0.3 is 15.2 Å². The van der Waals surface area contributed by atoms with Crippen LogP contribution in [0.2, 0.25) is 0 Å². The molecule has 1 unspecified atom stereocenters. The first-order chi connectivity index (χ1) is 7.90. The molecule has 17 heavy (non-hydrogen) atoms. The molecule has 0 aromatic carbocycles. The number of allylic oxidation sites excluding steroid dienone is 1. The second kappa shape index (κ2) is 5.31. The number of hydrogen-bond donors (Lipinski definition) is 2. The van der Waals surface area contributed by atoms with Gasteiger partial charge in [0.2, 0.25) is 5.91 Å².